The Bertz CT molecular complexity index is 434. The summed E-state index contributed by atoms with van der Waals surface area (Å²) in [6.07, 6.45) is 2.51. The molecule has 0 spiro atoms. The van der Waals surface area contributed by atoms with E-state index in [2.05, 4.69) is 5.32 Å². The number of benzene rings is 1. The Hall–Kier alpha value is -1.69. The highest BCUT2D eigenvalue weighted by molar-refractivity contribution is 7.98. The Labute approximate surface area is 117 Å². The van der Waals surface area contributed by atoms with Gasteiger partial charge >= 0.3 is 12.0 Å². The first-order valence-corrected chi connectivity index (χ1v) is 7.13. The van der Waals surface area contributed by atoms with Crippen LogP contribution < -0.4 is 5.32 Å². The zero-order valence-corrected chi connectivity index (χ0v) is 11.9. The fourth-order valence-electron chi connectivity index (χ4n) is 1.46. The molecule has 1 aromatic carbocycles. The van der Waals surface area contributed by atoms with Crippen molar-refractivity contribution in [2.75, 3.05) is 25.2 Å². The van der Waals surface area contributed by atoms with Crippen LogP contribution in [0.15, 0.2) is 29.2 Å². The monoisotopic (exact) mass is 282 g/mol. The number of amides is 2. The van der Waals surface area contributed by atoms with E-state index < -0.39 is 5.97 Å². The maximum Gasteiger partial charge on any atom is 0.321 e. The number of anilines is 1. The van der Waals surface area contributed by atoms with Crippen molar-refractivity contribution in [3.05, 3.63) is 24.3 Å². The maximum absolute atomic E-state index is 11.8. The molecular weight excluding hydrogens is 264 g/mol. The molecule has 0 unspecified atom stereocenters. The van der Waals surface area contributed by atoms with E-state index in [0.29, 0.717) is 13.0 Å². The third-order valence-electron chi connectivity index (χ3n) is 2.57. The number of urea groups is 1. The van der Waals surface area contributed by atoms with Gasteiger partial charge < -0.3 is 15.3 Å². The van der Waals surface area contributed by atoms with E-state index >= 15 is 0 Å². The number of carboxylic acid groups (broad SMARTS) is 1. The Morgan fingerprint density at radius 1 is 1.32 bits per heavy atom. The summed E-state index contributed by atoms with van der Waals surface area (Å²) < 4.78 is 0. The molecule has 1 rings (SSSR count). The van der Waals surface area contributed by atoms with E-state index in [1.165, 1.54) is 4.90 Å². The minimum atomic E-state index is -0.846. The lowest BCUT2D eigenvalue weighted by molar-refractivity contribution is -0.137. The number of carboxylic acids is 1. The molecule has 0 fully saturated rings. The van der Waals surface area contributed by atoms with Crippen LogP contribution in [-0.4, -0.2) is 41.9 Å². The number of aliphatic carboxylic acids is 1. The molecule has 19 heavy (non-hydrogen) atoms. The molecule has 104 valence electrons. The van der Waals surface area contributed by atoms with Crippen molar-refractivity contribution in [2.45, 2.75) is 17.7 Å². The van der Waals surface area contributed by atoms with Crippen molar-refractivity contribution >= 4 is 29.4 Å². The van der Waals surface area contributed by atoms with Gasteiger partial charge in [0.05, 0.1) is 0 Å². The topological polar surface area (TPSA) is 69.6 Å². The summed E-state index contributed by atoms with van der Waals surface area (Å²) >= 11 is 1.64. The Kier molecular flexibility index (Phi) is 6.21. The molecule has 0 aliphatic heterocycles. The third kappa shape index (κ3) is 5.65. The molecule has 0 saturated heterocycles. The van der Waals surface area contributed by atoms with Crippen LogP contribution in [0.25, 0.3) is 0 Å². The van der Waals surface area contributed by atoms with Crippen LogP contribution in [-0.2, 0) is 4.79 Å². The SMILES string of the molecule is CSc1ccc(NC(=O)N(C)CCCC(=O)O)cc1. The molecule has 0 radical (unpaired) electrons. The van der Waals surface area contributed by atoms with Gasteiger partial charge in [0.1, 0.15) is 0 Å². The average molecular weight is 282 g/mol. The molecule has 2 N–H and O–H groups in total. The van der Waals surface area contributed by atoms with Gasteiger partial charge in [-0.1, -0.05) is 0 Å². The molecule has 0 heterocycles. The first kappa shape index (κ1) is 15.4. The Morgan fingerprint density at radius 3 is 2.47 bits per heavy atom. The first-order valence-electron chi connectivity index (χ1n) is 5.91. The number of rotatable bonds is 6. The summed E-state index contributed by atoms with van der Waals surface area (Å²) in [6, 6.07) is 7.32. The van der Waals surface area contributed by atoms with E-state index in [1.54, 1.807) is 18.8 Å². The first-order chi connectivity index (χ1) is 9.02. The summed E-state index contributed by atoms with van der Waals surface area (Å²) in [4.78, 5) is 24.8. The minimum Gasteiger partial charge on any atom is -0.481 e. The minimum absolute atomic E-state index is 0.0695. The molecule has 0 aromatic heterocycles. The summed E-state index contributed by atoms with van der Waals surface area (Å²) in [5, 5.41) is 11.3. The molecule has 0 atom stereocenters. The number of hydrogen-bond acceptors (Lipinski definition) is 3. The summed E-state index contributed by atoms with van der Waals surface area (Å²) in [5.74, 6) is -0.846. The van der Waals surface area contributed by atoms with Gasteiger partial charge in [-0.25, -0.2) is 4.79 Å². The Morgan fingerprint density at radius 2 is 1.95 bits per heavy atom. The highest BCUT2D eigenvalue weighted by Crippen LogP contribution is 2.17. The maximum atomic E-state index is 11.8. The lowest BCUT2D eigenvalue weighted by atomic mass is 10.3. The van der Waals surface area contributed by atoms with Gasteiger partial charge in [-0.05, 0) is 36.9 Å². The lowest BCUT2D eigenvalue weighted by Gasteiger charge is -2.17. The van der Waals surface area contributed by atoms with Crippen molar-refractivity contribution < 1.29 is 14.7 Å². The average Bonchev–Trinajstić information content (AvgIpc) is 2.39. The molecule has 2 amide bonds. The van der Waals surface area contributed by atoms with E-state index in [1.807, 2.05) is 30.5 Å². The van der Waals surface area contributed by atoms with Gasteiger partial charge in [0.25, 0.3) is 0 Å². The summed E-state index contributed by atoms with van der Waals surface area (Å²) in [5.41, 5.74) is 0.730. The van der Waals surface area contributed by atoms with Crippen LogP contribution in [0.1, 0.15) is 12.8 Å². The predicted molar refractivity (Wildman–Crippen MR) is 76.7 cm³/mol. The molecule has 1 aromatic rings. The molecule has 5 nitrogen and oxygen atoms in total. The molecule has 0 aliphatic rings. The fourth-order valence-corrected chi connectivity index (χ4v) is 1.87. The van der Waals surface area contributed by atoms with Gasteiger partial charge in [0.15, 0.2) is 0 Å². The van der Waals surface area contributed by atoms with Crippen molar-refractivity contribution in [2.24, 2.45) is 0 Å². The quantitative estimate of drug-likeness (QED) is 0.787. The van der Waals surface area contributed by atoms with Gasteiger partial charge in [-0.15, -0.1) is 11.8 Å². The smallest absolute Gasteiger partial charge is 0.321 e. The van der Waals surface area contributed by atoms with Crippen molar-refractivity contribution in [1.82, 2.24) is 4.90 Å². The number of carbonyl (C=O) groups excluding carboxylic acids is 1. The second kappa shape index (κ2) is 7.68. The van der Waals surface area contributed by atoms with Gasteiger partial charge in [0, 0.05) is 30.6 Å². The van der Waals surface area contributed by atoms with Gasteiger partial charge in [-0.3, -0.25) is 4.79 Å². The van der Waals surface area contributed by atoms with Crippen LogP contribution in [0.4, 0.5) is 10.5 Å². The normalized spacial score (nSPS) is 10.0. The largest absolute Gasteiger partial charge is 0.481 e. The highest BCUT2D eigenvalue weighted by atomic mass is 32.2. The van der Waals surface area contributed by atoms with Crippen LogP contribution >= 0.6 is 11.8 Å². The van der Waals surface area contributed by atoms with Crippen molar-refractivity contribution in [1.29, 1.82) is 0 Å². The second-order valence-electron chi connectivity index (χ2n) is 4.08. The van der Waals surface area contributed by atoms with E-state index in [0.717, 1.165) is 10.6 Å². The van der Waals surface area contributed by atoms with E-state index in [4.69, 9.17) is 5.11 Å². The van der Waals surface area contributed by atoms with Crippen LogP contribution in [0.3, 0.4) is 0 Å². The summed E-state index contributed by atoms with van der Waals surface area (Å²) in [7, 11) is 1.65. The van der Waals surface area contributed by atoms with E-state index in [-0.39, 0.29) is 12.5 Å². The molecule has 0 saturated carbocycles. The highest BCUT2D eigenvalue weighted by Gasteiger charge is 2.09. The number of thioether (sulfide) groups is 1. The van der Waals surface area contributed by atoms with Crippen molar-refractivity contribution in [3.8, 4) is 0 Å². The number of carbonyl (C=O) groups is 2. The van der Waals surface area contributed by atoms with Crippen LogP contribution in [0, 0.1) is 0 Å². The lowest BCUT2D eigenvalue weighted by Crippen LogP contribution is -2.32. The summed E-state index contributed by atoms with van der Waals surface area (Å²) in [6.45, 7) is 0.418. The zero-order valence-electron chi connectivity index (χ0n) is 11.0. The second-order valence-corrected chi connectivity index (χ2v) is 4.96. The van der Waals surface area contributed by atoms with E-state index in [9.17, 15) is 9.59 Å². The number of hydrogen-bond donors (Lipinski definition) is 2. The molecular formula is C13H18N2O3S. The molecule has 0 bridgehead atoms. The zero-order chi connectivity index (χ0) is 14.3. The fraction of sp³-hybridized carbons (Fsp3) is 0.385. The van der Waals surface area contributed by atoms with Gasteiger partial charge in [-0.2, -0.15) is 0 Å². The molecule has 6 heteroatoms. The van der Waals surface area contributed by atoms with Crippen LogP contribution in [0.2, 0.25) is 0 Å². The Balaban J connectivity index is 2.42. The standard InChI is InChI=1S/C13H18N2O3S/c1-15(9-3-4-12(16)17)13(18)14-10-5-7-11(19-2)8-6-10/h5-8H,3-4,9H2,1-2H3,(H,14,18)(H,16,17). The van der Waals surface area contributed by atoms with Gasteiger partial charge in [0.2, 0.25) is 0 Å². The third-order valence-corrected chi connectivity index (χ3v) is 3.32. The molecule has 0 aliphatic carbocycles. The van der Waals surface area contributed by atoms with Crippen LogP contribution in [0.5, 0.6) is 0 Å². The predicted octanol–water partition coefficient (Wildman–Crippen LogP) is 2.74. The van der Waals surface area contributed by atoms with Crippen molar-refractivity contribution in [3.63, 3.8) is 0 Å². The number of nitrogens with zero attached hydrogens (tertiary/aromatic N) is 1. The number of nitrogens with one attached hydrogen (secondary N) is 1.